The summed E-state index contributed by atoms with van der Waals surface area (Å²) in [7, 11) is 0. The Hall–Kier alpha value is -1.98. The molecule has 0 fully saturated rings. The van der Waals surface area contributed by atoms with E-state index in [9.17, 15) is 10.1 Å². The molecule has 0 radical (unpaired) electrons. The highest BCUT2D eigenvalue weighted by Gasteiger charge is 2.11. The van der Waals surface area contributed by atoms with Gasteiger partial charge >= 0.3 is 0 Å². The number of halogens is 2. The number of non-ortho nitro benzene ring substituents is 1. The third kappa shape index (κ3) is 3.07. The van der Waals surface area contributed by atoms with Crippen LogP contribution in [0.5, 0.6) is 11.5 Å². The van der Waals surface area contributed by atoms with E-state index >= 15 is 0 Å². The molecule has 2 aromatic carbocycles. The highest BCUT2D eigenvalue weighted by atomic mass is 35.5. The van der Waals surface area contributed by atoms with Crippen molar-refractivity contribution in [3.8, 4) is 11.5 Å². The summed E-state index contributed by atoms with van der Waals surface area (Å²) in [6, 6.07) is 8.67. The average molecular weight is 299 g/mol. The van der Waals surface area contributed by atoms with Crippen molar-refractivity contribution >= 4 is 34.6 Å². The summed E-state index contributed by atoms with van der Waals surface area (Å²) < 4.78 is 5.49. The van der Waals surface area contributed by atoms with Crippen LogP contribution in [0, 0.1) is 10.1 Å². The summed E-state index contributed by atoms with van der Waals surface area (Å²) in [6.07, 6.45) is 0. The third-order valence-electron chi connectivity index (χ3n) is 2.32. The number of hydrogen-bond acceptors (Lipinski definition) is 4. The Balaban J connectivity index is 2.31. The molecule has 0 saturated carbocycles. The lowest BCUT2D eigenvalue weighted by atomic mass is 10.2. The number of rotatable bonds is 3. The fraction of sp³-hybridized carbons (Fsp3) is 0. The highest BCUT2D eigenvalue weighted by molar-refractivity contribution is 6.35. The van der Waals surface area contributed by atoms with Crippen molar-refractivity contribution < 1.29 is 9.66 Å². The number of hydrogen-bond donors (Lipinski definition) is 1. The van der Waals surface area contributed by atoms with Crippen molar-refractivity contribution in [1.29, 1.82) is 0 Å². The summed E-state index contributed by atoms with van der Waals surface area (Å²) in [6.45, 7) is 0. The van der Waals surface area contributed by atoms with Crippen LogP contribution in [0.4, 0.5) is 11.4 Å². The normalized spacial score (nSPS) is 10.2. The Morgan fingerprint density at radius 1 is 1.11 bits per heavy atom. The van der Waals surface area contributed by atoms with Gasteiger partial charge in [-0.15, -0.1) is 0 Å². The number of benzene rings is 2. The average Bonchev–Trinajstić information content (AvgIpc) is 2.34. The number of ether oxygens (including phenoxy) is 1. The molecule has 0 atom stereocenters. The summed E-state index contributed by atoms with van der Waals surface area (Å²) in [4.78, 5) is 10.1. The smallest absolute Gasteiger partial charge is 0.271 e. The molecular weight excluding hydrogens is 291 g/mol. The zero-order chi connectivity index (χ0) is 14.0. The van der Waals surface area contributed by atoms with Gasteiger partial charge in [0.1, 0.15) is 5.75 Å². The van der Waals surface area contributed by atoms with Crippen LogP contribution in [0.1, 0.15) is 0 Å². The lowest BCUT2D eigenvalue weighted by Crippen LogP contribution is -1.95. The lowest BCUT2D eigenvalue weighted by molar-refractivity contribution is -0.384. The van der Waals surface area contributed by atoms with E-state index in [1.807, 2.05) is 0 Å². The SMILES string of the molecule is Nc1cc([N+](=O)[O-])ccc1Oc1ccc(Cl)cc1Cl. The Bertz CT molecular complexity index is 647. The van der Waals surface area contributed by atoms with Crippen LogP contribution in [-0.2, 0) is 0 Å². The first kappa shape index (κ1) is 13.5. The van der Waals surface area contributed by atoms with Crippen molar-refractivity contribution in [3.05, 3.63) is 56.6 Å². The molecule has 2 rings (SSSR count). The van der Waals surface area contributed by atoms with Crippen molar-refractivity contribution in [1.82, 2.24) is 0 Å². The van der Waals surface area contributed by atoms with E-state index in [0.29, 0.717) is 15.8 Å². The molecule has 0 aromatic heterocycles. The second-order valence-corrected chi connectivity index (χ2v) is 4.50. The monoisotopic (exact) mass is 298 g/mol. The van der Waals surface area contributed by atoms with Gasteiger partial charge in [-0.2, -0.15) is 0 Å². The van der Waals surface area contributed by atoms with Crippen LogP contribution < -0.4 is 10.5 Å². The predicted molar refractivity (Wildman–Crippen MR) is 74.0 cm³/mol. The zero-order valence-electron chi connectivity index (χ0n) is 9.47. The van der Waals surface area contributed by atoms with Crippen molar-refractivity contribution in [2.24, 2.45) is 0 Å². The molecule has 2 N–H and O–H groups in total. The van der Waals surface area contributed by atoms with Gasteiger partial charge < -0.3 is 10.5 Å². The van der Waals surface area contributed by atoms with E-state index in [1.54, 1.807) is 12.1 Å². The number of nitrogen functional groups attached to an aromatic ring is 1. The van der Waals surface area contributed by atoms with Gasteiger partial charge in [-0.1, -0.05) is 23.2 Å². The highest BCUT2D eigenvalue weighted by Crippen LogP contribution is 2.35. The Morgan fingerprint density at radius 3 is 2.37 bits per heavy atom. The Labute approximate surface area is 118 Å². The fourth-order valence-corrected chi connectivity index (χ4v) is 1.87. The summed E-state index contributed by atoms with van der Waals surface area (Å²) in [5.74, 6) is 0.654. The maximum Gasteiger partial charge on any atom is 0.271 e. The lowest BCUT2D eigenvalue weighted by Gasteiger charge is -2.09. The number of nitro groups is 1. The van der Waals surface area contributed by atoms with E-state index < -0.39 is 4.92 Å². The molecule has 0 unspecified atom stereocenters. The van der Waals surface area contributed by atoms with Crippen LogP contribution in [0.15, 0.2) is 36.4 Å². The minimum absolute atomic E-state index is 0.105. The van der Waals surface area contributed by atoms with E-state index in [-0.39, 0.29) is 17.1 Å². The van der Waals surface area contributed by atoms with Crippen LogP contribution >= 0.6 is 23.2 Å². The number of nitro benzene ring substituents is 1. The van der Waals surface area contributed by atoms with Crippen LogP contribution in [-0.4, -0.2) is 4.92 Å². The molecule has 0 aliphatic heterocycles. The third-order valence-corrected chi connectivity index (χ3v) is 2.85. The molecule has 0 aliphatic rings. The first-order valence-electron chi connectivity index (χ1n) is 5.14. The molecule has 0 heterocycles. The maximum atomic E-state index is 10.6. The molecule has 2 aromatic rings. The molecule has 5 nitrogen and oxygen atoms in total. The number of nitrogens with two attached hydrogens (primary N) is 1. The van der Waals surface area contributed by atoms with Crippen molar-refractivity contribution in [2.75, 3.05) is 5.73 Å². The van der Waals surface area contributed by atoms with Gasteiger partial charge in [0.15, 0.2) is 5.75 Å². The van der Waals surface area contributed by atoms with Gasteiger partial charge in [-0.05, 0) is 24.3 Å². The van der Waals surface area contributed by atoms with E-state index in [1.165, 1.54) is 24.3 Å². The Kier molecular flexibility index (Phi) is 3.78. The van der Waals surface area contributed by atoms with E-state index in [0.717, 1.165) is 0 Å². The first-order valence-corrected chi connectivity index (χ1v) is 5.90. The molecule has 98 valence electrons. The molecule has 0 spiro atoms. The van der Waals surface area contributed by atoms with Gasteiger partial charge in [0, 0.05) is 17.2 Å². The topological polar surface area (TPSA) is 78.4 Å². The zero-order valence-corrected chi connectivity index (χ0v) is 11.0. The van der Waals surface area contributed by atoms with Crippen molar-refractivity contribution in [3.63, 3.8) is 0 Å². The summed E-state index contributed by atoms with van der Waals surface area (Å²) >= 11 is 11.7. The molecule has 0 amide bonds. The predicted octanol–water partition coefficient (Wildman–Crippen LogP) is 4.28. The molecular formula is C12H8Cl2N2O3. The standard InChI is InChI=1S/C12H8Cl2N2O3/c13-7-1-3-11(9(14)5-7)19-12-4-2-8(16(17)18)6-10(12)15/h1-6H,15H2. The molecule has 19 heavy (non-hydrogen) atoms. The van der Waals surface area contributed by atoms with E-state index in [4.69, 9.17) is 33.7 Å². The summed E-state index contributed by atoms with van der Waals surface area (Å²) in [5.41, 5.74) is 5.74. The number of anilines is 1. The quantitative estimate of drug-likeness (QED) is 0.521. The second-order valence-electron chi connectivity index (χ2n) is 3.66. The minimum atomic E-state index is -0.532. The van der Waals surface area contributed by atoms with E-state index in [2.05, 4.69) is 0 Å². The fourth-order valence-electron chi connectivity index (χ4n) is 1.42. The van der Waals surface area contributed by atoms with Gasteiger partial charge in [-0.3, -0.25) is 10.1 Å². The van der Waals surface area contributed by atoms with Gasteiger partial charge in [0.05, 0.1) is 15.6 Å². The van der Waals surface area contributed by atoms with Crippen molar-refractivity contribution in [2.45, 2.75) is 0 Å². The molecule has 7 heteroatoms. The van der Waals surface area contributed by atoms with Crippen LogP contribution in [0.3, 0.4) is 0 Å². The van der Waals surface area contributed by atoms with Gasteiger partial charge in [-0.25, -0.2) is 0 Å². The van der Waals surface area contributed by atoms with Gasteiger partial charge in [0.25, 0.3) is 5.69 Å². The Morgan fingerprint density at radius 2 is 1.79 bits per heavy atom. The number of nitrogens with zero attached hydrogens (tertiary/aromatic N) is 1. The largest absolute Gasteiger partial charge is 0.454 e. The van der Waals surface area contributed by atoms with Crippen LogP contribution in [0.2, 0.25) is 10.0 Å². The summed E-state index contributed by atoms with van der Waals surface area (Å²) in [5, 5.41) is 11.4. The van der Waals surface area contributed by atoms with Crippen LogP contribution in [0.25, 0.3) is 0 Å². The molecule has 0 bridgehead atoms. The van der Waals surface area contributed by atoms with Gasteiger partial charge in [0.2, 0.25) is 0 Å². The molecule has 0 saturated heterocycles. The minimum Gasteiger partial charge on any atom is -0.454 e. The maximum absolute atomic E-state index is 10.6. The first-order chi connectivity index (χ1) is 8.97. The second kappa shape index (κ2) is 5.34. The molecule has 0 aliphatic carbocycles.